The summed E-state index contributed by atoms with van der Waals surface area (Å²) in [6.45, 7) is 5.46. The molecule has 0 unspecified atom stereocenters. The number of rotatable bonds is 6. The lowest BCUT2D eigenvalue weighted by atomic mass is 9.78. The highest BCUT2D eigenvalue weighted by Gasteiger charge is 2.56. The average Bonchev–Trinajstić information content (AvgIpc) is 2.97. The van der Waals surface area contributed by atoms with Crippen molar-refractivity contribution in [2.45, 2.75) is 51.7 Å². The van der Waals surface area contributed by atoms with E-state index >= 15 is 0 Å². The molecular formula is C14H23NO4. The summed E-state index contributed by atoms with van der Waals surface area (Å²) in [4.78, 5) is 25.8. The number of carboxylic acid groups (broad SMARTS) is 1. The van der Waals surface area contributed by atoms with E-state index in [9.17, 15) is 14.7 Å². The van der Waals surface area contributed by atoms with Crippen molar-refractivity contribution in [3.63, 3.8) is 0 Å². The molecule has 2 aliphatic heterocycles. The molecule has 19 heavy (non-hydrogen) atoms. The Morgan fingerprint density at radius 3 is 2.11 bits per heavy atom. The lowest BCUT2D eigenvalue weighted by Gasteiger charge is -2.30. The van der Waals surface area contributed by atoms with Crippen LogP contribution in [0.3, 0.4) is 0 Å². The molecule has 1 amide bonds. The Morgan fingerprint density at radius 1 is 1.11 bits per heavy atom. The van der Waals surface area contributed by atoms with Crippen LogP contribution in [0.2, 0.25) is 0 Å². The number of nitrogens with zero attached hydrogens (tertiary/aromatic N) is 1. The van der Waals surface area contributed by atoms with Crippen LogP contribution in [0.1, 0.15) is 39.5 Å². The van der Waals surface area contributed by atoms with Crippen LogP contribution in [0.15, 0.2) is 0 Å². The van der Waals surface area contributed by atoms with Gasteiger partial charge in [0.05, 0.1) is 24.0 Å². The summed E-state index contributed by atoms with van der Waals surface area (Å²) < 4.78 is 5.66. The van der Waals surface area contributed by atoms with Crippen LogP contribution in [0.4, 0.5) is 0 Å². The summed E-state index contributed by atoms with van der Waals surface area (Å²) in [6, 6.07) is 0. The Kier molecular flexibility index (Phi) is 4.45. The fraction of sp³-hybridized carbons (Fsp3) is 0.857. The third-order valence-corrected chi connectivity index (χ3v) is 4.14. The number of hydrogen-bond acceptors (Lipinski definition) is 3. The quantitative estimate of drug-likeness (QED) is 0.793. The lowest BCUT2D eigenvalue weighted by Crippen LogP contribution is -2.46. The van der Waals surface area contributed by atoms with Crippen LogP contribution in [0.25, 0.3) is 0 Å². The predicted molar refractivity (Wildman–Crippen MR) is 69.7 cm³/mol. The van der Waals surface area contributed by atoms with Gasteiger partial charge < -0.3 is 14.7 Å². The average molecular weight is 269 g/mol. The van der Waals surface area contributed by atoms with Crippen molar-refractivity contribution in [1.82, 2.24) is 4.90 Å². The van der Waals surface area contributed by atoms with Crippen molar-refractivity contribution in [2.24, 2.45) is 11.8 Å². The van der Waals surface area contributed by atoms with Gasteiger partial charge in [0.2, 0.25) is 5.91 Å². The molecule has 0 aromatic carbocycles. The van der Waals surface area contributed by atoms with E-state index in [2.05, 4.69) is 0 Å². The molecule has 5 nitrogen and oxygen atoms in total. The number of carboxylic acids is 1. The van der Waals surface area contributed by atoms with Gasteiger partial charge in [0.15, 0.2) is 0 Å². The van der Waals surface area contributed by atoms with Gasteiger partial charge in [-0.15, -0.1) is 0 Å². The minimum Gasteiger partial charge on any atom is -0.481 e. The molecule has 2 aliphatic rings. The minimum absolute atomic E-state index is 0.0247. The SMILES string of the molecule is CCCN(CCC)C(=O)[C@@H]1[C@@H](C(=O)O)[C@@H]2CC[C@H]1O2. The maximum atomic E-state index is 12.6. The molecule has 0 aromatic heterocycles. The molecule has 0 radical (unpaired) electrons. The Hall–Kier alpha value is -1.10. The van der Waals surface area contributed by atoms with Gasteiger partial charge in [-0.3, -0.25) is 9.59 Å². The summed E-state index contributed by atoms with van der Waals surface area (Å²) in [5.74, 6) is -2.04. The van der Waals surface area contributed by atoms with Gasteiger partial charge in [0, 0.05) is 13.1 Å². The molecule has 0 saturated carbocycles. The molecule has 2 bridgehead atoms. The Labute approximate surface area is 113 Å². The van der Waals surface area contributed by atoms with Crippen LogP contribution in [0.5, 0.6) is 0 Å². The fourth-order valence-corrected chi connectivity index (χ4v) is 3.39. The van der Waals surface area contributed by atoms with Gasteiger partial charge >= 0.3 is 5.97 Å². The smallest absolute Gasteiger partial charge is 0.310 e. The third-order valence-electron chi connectivity index (χ3n) is 4.14. The second-order valence-electron chi connectivity index (χ2n) is 5.51. The van der Waals surface area contributed by atoms with Gasteiger partial charge in [-0.25, -0.2) is 0 Å². The first-order chi connectivity index (χ1) is 9.10. The van der Waals surface area contributed by atoms with Gasteiger partial charge in [0.25, 0.3) is 0 Å². The van der Waals surface area contributed by atoms with Crippen LogP contribution >= 0.6 is 0 Å². The van der Waals surface area contributed by atoms with E-state index < -0.39 is 17.8 Å². The zero-order chi connectivity index (χ0) is 14.0. The number of fused-ring (bicyclic) bond motifs is 2. The lowest BCUT2D eigenvalue weighted by molar-refractivity contribution is -0.150. The van der Waals surface area contributed by atoms with Crippen LogP contribution < -0.4 is 0 Å². The molecule has 5 heteroatoms. The monoisotopic (exact) mass is 269 g/mol. The normalized spacial score (nSPS) is 32.5. The van der Waals surface area contributed by atoms with E-state index in [1.165, 1.54) is 0 Å². The number of carbonyl (C=O) groups is 2. The number of ether oxygens (including phenoxy) is 1. The van der Waals surface area contributed by atoms with Crippen LogP contribution in [-0.2, 0) is 14.3 Å². The first-order valence-electron chi connectivity index (χ1n) is 7.27. The van der Waals surface area contributed by atoms with E-state index in [-0.39, 0.29) is 18.1 Å². The zero-order valence-corrected chi connectivity index (χ0v) is 11.7. The van der Waals surface area contributed by atoms with E-state index in [1.54, 1.807) is 0 Å². The molecule has 108 valence electrons. The first kappa shape index (κ1) is 14.3. The topological polar surface area (TPSA) is 66.8 Å². The summed E-state index contributed by atoms with van der Waals surface area (Å²) in [5.41, 5.74) is 0. The summed E-state index contributed by atoms with van der Waals surface area (Å²) in [7, 11) is 0. The molecule has 2 rings (SSSR count). The predicted octanol–water partition coefficient (Wildman–Crippen LogP) is 1.51. The molecule has 0 spiro atoms. The van der Waals surface area contributed by atoms with Gasteiger partial charge in [-0.2, -0.15) is 0 Å². The minimum atomic E-state index is -0.890. The second kappa shape index (κ2) is 5.90. The number of aliphatic carboxylic acids is 1. The molecule has 4 atom stereocenters. The highest BCUT2D eigenvalue weighted by molar-refractivity contribution is 5.86. The Morgan fingerprint density at radius 2 is 1.63 bits per heavy atom. The standard InChI is InChI=1S/C14H23NO4/c1-3-7-15(8-4-2)13(16)11-9-5-6-10(19-9)12(11)14(17)18/h9-12H,3-8H2,1-2H3,(H,17,18)/t9-,10+,11+,12+/m1/s1. The van der Waals surface area contributed by atoms with Crippen molar-refractivity contribution in [2.75, 3.05) is 13.1 Å². The zero-order valence-electron chi connectivity index (χ0n) is 11.7. The highest BCUT2D eigenvalue weighted by atomic mass is 16.5. The van der Waals surface area contributed by atoms with E-state index in [0.717, 1.165) is 25.7 Å². The third kappa shape index (κ3) is 2.61. The summed E-state index contributed by atoms with van der Waals surface area (Å²) in [5, 5.41) is 9.35. The van der Waals surface area contributed by atoms with E-state index in [1.807, 2.05) is 18.7 Å². The van der Waals surface area contributed by atoms with Crippen LogP contribution in [0, 0.1) is 11.8 Å². The molecule has 2 heterocycles. The summed E-state index contributed by atoms with van der Waals surface area (Å²) >= 11 is 0. The van der Waals surface area contributed by atoms with Gasteiger partial charge in [-0.05, 0) is 25.7 Å². The summed E-state index contributed by atoms with van der Waals surface area (Å²) in [6.07, 6.45) is 2.93. The Balaban J connectivity index is 2.13. The largest absolute Gasteiger partial charge is 0.481 e. The maximum Gasteiger partial charge on any atom is 0.310 e. The number of carbonyl (C=O) groups excluding carboxylic acids is 1. The highest BCUT2D eigenvalue weighted by Crippen LogP contribution is 2.44. The van der Waals surface area contributed by atoms with Crippen molar-refractivity contribution < 1.29 is 19.4 Å². The first-order valence-corrected chi connectivity index (χ1v) is 7.27. The number of hydrogen-bond donors (Lipinski definition) is 1. The van der Waals surface area contributed by atoms with Crippen molar-refractivity contribution >= 4 is 11.9 Å². The Bertz CT molecular complexity index is 351. The van der Waals surface area contributed by atoms with Crippen LogP contribution in [-0.4, -0.2) is 47.2 Å². The fourth-order valence-electron chi connectivity index (χ4n) is 3.39. The molecule has 2 fully saturated rings. The van der Waals surface area contributed by atoms with Crippen molar-refractivity contribution in [1.29, 1.82) is 0 Å². The van der Waals surface area contributed by atoms with E-state index in [4.69, 9.17) is 4.74 Å². The molecule has 1 N–H and O–H groups in total. The maximum absolute atomic E-state index is 12.6. The van der Waals surface area contributed by atoms with Crippen molar-refractivity contribution in [3.8, 4) is 0 Å². The van der Waals surface area contributed by atoms with Gasteiger partial charge in [-0.1, -0.05) is 13.8 Å². The number of amides is 1. The molecule has 0 aliphatic carbocycles. The molecular weight excluding hydrogens is 246 g/mol. The van der Waals surface area contributed by atoms with Gasteiger partial charge in [0.1, 0.15) is 0 Å². The van der Waals surface area contributed by atoms with Crippen molar-refractivity contribution in [3.05, 3.63) is 0 Å². The van der Waals surface area contributed by atoms with E-state index in [0.29, 0.717) is 13.1 Å². The second-order valence-corrected chi connectivity index (χ2v) is 5.51. The molecule has 2 saturated heterocycles. The molecule has 0 aromatic rings.